The Morgan fingerprint density at radius 2 is 1.29 bits per heavy atom. The van der Waals surface area contributed by atoms with E-state index in [0.717, 1.165) is 12.5 Å². The molecule has 1 aromatic carbocycles. The Labute approximate surface area is 209 Å². The number of carboxylic acids is 2. The summed E-state index contributed by atoms with van der Waals surface area (Å²) < 4.78 is 102. The summed E-state index contributed by atoms with van der Waals surface area (Å²) in [4.78, 5) is 34.0. The van der Waals surface area contributed by atoms with Crippen LogP contribution in [-0.4, -0.2) is 77.5 Å². The second-order valence-electron chi connectivity index (χ2n) is 8.25. The van der Waals surface area contributed by atoms with Crippen LogP contribution in [0.15, 0.2) is 24.3 Å². The Bertz CT molecular complexity index is 935. The number of carbonyl (C=O) groups is 3. The molecule has 0 saturated carbocycles. The molecule has 4 N–H and O–H groups in total. The van der Waals surface area contributed by atoms with Crippen LogP contribution in [-0.2, 0) is 20.6 Å². The first-order valence-electron chi connectivity index (χ1n) is 10.8. The van der Waals surface area contributed by atoms with E-state index in [9.17, 15) is 44.3 Å². The van der Waals surface area contributed by atoms with Crippen LogP contribution in [0.1, 0.15) is 24.8 Å². The topological polar surface area (TPSA) is 124 Å². The minimum absolute atomic E-state index is 0.0441. The average molecular weight is 569 g/mol. The van der Waals surface area contributed by atoms with Crippen molar-refractivity contribution < 1.29 is 64.1 Å². The van der Waals surface area contributed by atoms with Gasteiger partial charge in [-0.05, 0) is 37.5 Å². The summed E-state index contributed by atoms with van der Waals surface area (Å²) in [5, 5.41) is 14.2. The smallest absolute Gasteiger partial charge is 0.475 e. The molecule has 0 bridgehead atoms. The lowest BCUT2D eigenvalue weighted by molar-refractivity contribution is -0.193. The number of amides is 1. The van der Waals surface area contributed by atoms with Crippen LogP contribution in [0.5, 0.6) is 0 Å². The fraction of sp³-hybridized carbons (Fsp3) is 0.571. The zero-order valence-corrected chi connectivity index (χ0v) is 19.4. The number of hydrogen-bond acceptors (Lipinski definition) is 5. The van der Waals surface area contributed by atoms with E-state index in [1.807, 2.05) is 9.80 Å². The van der Waals surface area contributed by atoms with Gasteiger partial charge in [-0.2, -0.15) is 39.5 Å². The van der Waals surface area contributed by atoms with E-state index >= 15 is 0 Å². The first-order valence-corrected chi connectivity index (χ1v) is 10.8. The highest BCUT2D eigenvalue weighted by Gasteiger charge is 2.39. The van der Waals surface area contributed by atoms with E-state index in [1.54, 1.807) is 6.07 Å². The number of piperidine rings is 1. The molecular weight excluding hydrogens is 545 g/mol. The number of benzene rings is 1. The van der Waals surface area contributed by atoms with Gasteiger partial charge in [0.05, 0.1) is 5.56 Å². The number of halogens is 9. The maximum Gasteiger partial charge on any atom is 0.490 e. The van der Waals surface area contributed by atoms with Crippen molar-refractivity contribution in [1.82, 2.24) is 4.90 Å². The molecule has 216 valence electrons. The zero-order chi connectivity index (χ0) is 29.5. The molecule has 2 heterocycles. The molecule has 1 atom stereocenters. The van der Waals surface area contributed by atoms with Gasteiger partial charge in [-0.15, -0.1) is 0 Å². The third-order valence-electron chi connectivity index (χ3n) is 5.40. The highest BCUT2D eigenvalue weighted by molar-refractivity contribution is 5.79. The number of alkyl halides is 9. The van der Waals surface area contributed by atoms with E-state index in [2.05, 4.69) is 0 Å². The summed E-state index contributed by atoms with van der Waals surface area (Å²) in [6, 6.07) is 5.45. The highest BCUT2D eigenvalue weighted by atomic mass is 19.4. The predicted molar refractivity (Wildman–Crippen MR) is 113 cm³/mol. The average Bonchev–Trinajstić information content (AvgIpc) is 3.24. The van der Waals surface area contributed by atoms with Crippen molar-refractivity contribution >= 4 is 23.5 Å². The predicted octanol–water partition coefficient (Wildman–Crippen LogP) is 3.75. The van der Waals surface area contributed by atoms with Crippen molar-refractivity contribution in [2.75, 3.05) is 31.1 Å². The van der Waals surface area contributed by atoms with Gasteiger partial charge >= 0.3 is 30.5 Å². The van der Waals surface area contributed by atoms with E-state index in [4.69, 9.17) is 25.5 Å². The number of carbonyl (C=O) groups excluding carboxylic acids is 1. The van der Waals surface area contributed by atoms with E-state index in [1.165, 1.54) is 12.1 Å². The first-order chi connectivity index (χ1) is 17.2. The Balaban J connectivity index is 0.000000426. The maximum atomic E-state index is 12.8. The van der Waals surface area contributed by atoms with Gasteiger partial charge < -0.3 is 25.7 Å². The number of likely N-dealkylation sites (tertiary alicyclic amines) is 1. The largest absolute Gasteiger partial charge is 0.490 e. The Kier molecular flexibility index (Phi) is 11.2. The van der Waals surface area contributed by atoms with E-state index < -0.39 is 36.0 Å². The van der Waals surface area contributed by atoms with Crippen LogP contribution in [0, 0.1) is 5.92 Å². The van der Waals surface area contributed by atoms with Gasteiger partial charge in [0.15, 0.2) is 0 Å². The van der Waals surface area contributed by atoms with Crippen LogP contribution >= 0.6 is 0 Å². The molecule has 1 amide bonds. The van der Waals surface area contributed by atoms with Gasteiger partial charge in [-0.3, -0.25) is 4.79 Å². The van der Waals surface area contributed by atoms with Crippen molar-refractivity contribution in [3.8, 4) is 0 Å². The third kappa shape index (κ3) is 10.6. The van der Waals surface area contributed by atoms with Crippen molar-refractivity contribution in [3.05, 3.63) is 29.8 Å². The minimum Gasteiger partial charge on any atom is -0.475 e. The third-order valence-corrected chi connectivity index (χ3v) is 5.40. The number of carboxylic acid groups (broad SMARTS) is 2. The fourth-order valence-electron chi connectivity index (χ4n) is 3.51. The molecule has 0 unspecified atom stereocenters. The number of nitrogens with zero attached hydrogens (tertiary/aromatic N) is 2. The molecule has 1 aromatic rings. The number of hydrogen-bond donors (Lipinski definition) is 3. The second kappa shape index (κ2) is 13.0. The first kappa shape index (κ1) is 32.8. The normalized spacial score (nSPS) is 18.6. The molecule has 0 radical (unpaired) electrons. The van der Waals surface area contributed by atoms with Crippen LogP contribution in [0.2, 0.25) is 0 Å². The molecule has 2 aliphatic heterocycles. The minimum atomic E-state index is -5.08. The van der Waals surface area contributed by atoms with Crippen LogP contribution in [0.4, 0.5) is 45.2 Å². The Hall–Kier alpha value is -3.24. The molecule has 2 aliphatic rings. The lowest BCUT2D eigenvalue weighted by Crippen LogP contribution is -2.42. The van der Waals surface area contributed by atoms with Gasteiger partial charge in [0, 0.05) is 43.8 Å². The second-order valence-corrected chi connectivity index (χ2v) is 8.25. The zero-order valence-electron chi connectivity index (χ0n) is 19.4. The van der Waals surface area contributed by atoms with Gasteiger partial charge in [0.2, 0.25) is 5.91 Å². The molecule has 38 heavy (non-hydrogen) atoms. The number of rotatable bonds is 2. The molecule has 0 spiro atoms. The molecule has 17 heteroatoms. The summed E-state index contributed by atoms with van der Waals surface area (Å²) in [5.74, 6) is -5.41. The lowest BCUT2D eigenvalue weighted by atomic mass is 9.95. The van der Waals surface area contributed by atoms with Crippen molar-refractivity contribution in [2.24, 2.45) is 11.7 Å². The van der Waals surface area contributed by atoms with Crippen LogP contribution < -0.4 is 10.6 Å². The van der Waals surface area contributed by atoms with Crippen molar-refractivity contribution in [1.29, 1.82) is 0 Å². The Morgan fingerprint density at radius 3 is 1.66 bits per heavy atom. The molecular formula is C21H24F9N3O5. The number of anilines is 1. The highest BCUT2D eigenvalue weighted by Crippen LogP contribution is 2.33. The SMILES string of the molecule is N[C@H]1CCN(C(=O)C2CCN(c3cccc(C(F)(F)F)c3)CC2)C1.O=C(O)C(F)(F)F.O=C(O)C(F)(F)F. The molecule has 3 rings (SSSR count). The van der Waals surface area contributed by atoms with Crippen molar-refractivity contribution in [2.45, 2.75) is 43.8 Å². The van der Waals surface area contributed by atoms with E-state index in [-0.39, 0.29) is 17.9 Å². The van der Waals surface area contributed by atoms with E-state index in [0.29, 0.717) is 44.7 Å². The summed E-state index contributed by atoms with van der Waals surface area (Å²) in [5.41, 5.74) is 5.78. The summed E-state index contributed by atoms with van der Waals surface area (Å²) in [7, 11) is 0. The molecule has 2 fully saturated rings. The van der Waals surface area contributed by atoms with Crippen molar-refractivity contribution in [3.63, 3.8) is 0 Å². The van der Waals surface area contributed by atoms with Gasteiger partial charge in [0.25, 0.3) is 0 Å². The number of nitrogens with two attached hydrogens (primary N) is 1. The standard InChI is InChI=1S/C17H22F3N3O.2C2HF3O2/c18-17(19,20)13-2-1-3-15(10-13)22-7-4-12(5-8-22)16(24)23-9-6-14(21)11-23;2*3-2(4,5)1(6)7/h1-3,10,12,14H,4-9,11,21H2;2*(H,6,7)/t14-;;/m0../s1. The van der Waals surface area contributed by atoms with Crippen LogP contribution in [0.3, 0.4) is 0 Å². The summed E-state index contributed by atoms with van der Waals surface area (Å²) >= 11 is 0. The number of aliphatic carboxylic acids is 2. The lowest BCUT2D eigenvalue weighted by Gasteiger charge is -2.34. The maximum absolute atomic E-state index is 12.8. The summed E-state index contributed by atoms with van der Waals surface area (Å²) in [6.45, 7) is 2.52. The quantitative estimate of drug-likeness (QED) is 0.464. The monoisotopic (exact) mass is 569 g/mol. The fourth-order valence-corrected chi connectivity index (χ4v) is 3.51. The van der Waals surface area contributed by atoms with Gasteiger partial charge in [-0.1, -0.05) is 6.07 Å². The Morgan fingerprint density at radius 1 is 0.816 bits per heavy atom. The molecule has 0 aromatic heterocycles. The van der Waals surface area contributed by atoms with Gasteiger partial charge in [0.1, 0.15) is 0 Å². The molecule has 8 nitrogen and oxygen atoms in total. The molecule has 0 aliphatic carbocycles. The van der Waals surface area contributed by atoms with Crippen LogP contribution in [0.25, 0.3) is 0 Å². The molecule has 2 saturated heterocycles. The van der Waals surface area contributed by atoms with Gasteiger partial charge in [-0.25, -0.2) is 9.59 Å². The summed E-state index contributed by atoms with van der Waals surface area (Å²) in [6.07, 6.45) is -12.3.